The predicted octanol–water partition coefficient (Wildman–Crippen LogP) is 1.62. The molecule has 1 unspecified atom stereocenters. The fraction of sp³-hybridized carbons (Fsp3) is 0.333. The number of ether oxygens (including phenoxy) is 2. The van der Waals surface area contributed by atoms with Crippen molar-refractivity contribution in [3.8, 4) is 11.5 Å². The maximum Gasteiger partial charge on any atom is 0.328 e. The SMILES string of the molecule is COc1cc(C(=O)NC(CF)C(=O)O)cc(Br)c1OC. The first-order chi connectivity index (χ1) is 9.44. The Balaban J connectivity index is 3.05. The molecule has 1 amide bonds. The third kappa shape index (κ3) is 3.60. The number of nitrogens with one attached hydrogen (secondary N) is 1. The first-order valence-corrected chi connectivity index (χ1v) is 6.25. The Morgan fingerprint density at radius 3 is 2.50 bits per heavy atom. The van der Waals surface area contributed by atoms with Gasteiger partial charge in [0.25, 0.3) is 5.91 Å². The second-order valence-electron chi connectivity index (χ2n) is 3.71. The van der Waals surface area contributed by atoms with Gasteiger partial charge in [-0.05, 0) is 28.1 Å². The van der Waals surface area contributed by atoms with Gasteiger partial charge in [-0.15, -0.1) is 0 Å². The van der Waals surface area contributed by atoms with E-state index >= 15 is 0 Å². The molecule has 1 rings (SSSR count). The zero-order valence-corrected chi connectivity index (χ0v) is 12.4. The summed E-state index contributed by atoms with van der Waals surface area (Å²) < 4.78 is 23.1. The van der Waals surface area contributed by atoms with E-state index in [1.54, 1.807) is 0 Å². The summed E-state index contributed by atoms with van der Waals surface area (Å²) in [6.07, 6.45) is 0. The van der Waals surface area contributed by atoms with Gasteiger partial charge in [0.15, 0.2) is 17.5 Å². The second-order valence-corrected chi connectivity index (χ2v) is 4.57. The minimum atomic E-state index is -1.59. The van der Waals surface area contributed by atoms with Gasteiger partial charge in [0.05, 0.1) is 18.7 Å². The Morgan fingerprint density at radius 2 is 2.05 bits per heavy atom. The van der Waals surface area contributed by atoms with E-state index in [1.165, 1.54) is 26.4 Å². The molecular weight excluding hydrogens is 337 g/mol. The van der Waals surface area contributed by atoms with E-state index in [2.05, 4.69) is 21.2 Å². The van der Waals surface area contributed by atoms with Crippen LogP contribution >= 0.6 is 15.9 Å². The molecule has 0 aliphatic rings. The van der Waals surface area contributed by atoms with E-state index in [-0.39, 0.29) is 5.56 Å². The lowest BCUT2D eigenvalue weighted by atomic mass is 10.1. The zero-order chi connectivity index (χ0) is 15.3. The first kappa shape index (κ1) is 16.2. The Morgan fingerprint density at radius 1 is 1.40 bits per heavy atom. The Hall–Kier alpha value is -1.83. The van der Waals surface area contributed by atoms with Crippen LogP contribution in [0, 0.1) is 0 Å². The largest absolute Gasteiger partial charge is 0.493 e. The molecule has 20 heavy (non-hydrogen) atoms. The van der Waals surface area contributed by atoms with E-state index in [9.17, 15) is 14.0 Å². The average Bonchev–Trinajstić information content (AvgIpc) is 2.42. The van der Waals surface area contributed by atoms with Crippen molar-refractivity contribution >= 4 is 27.8 Å². The average molecular weight is 350 g/mol. The van der Waals surface area contributed by atoms with Crippen LogP contribution in [0.15, 0.2) is 16.6 Å². The molecular formula is C12H13BrFNO5. The molecule has 1 aromatic rings. The molecule has 0 saturated heterocycles. The summed E-state index contributed by atoms with van der Waals surface area (Å²) in [5, 5.41) is 10.8. The van der Waals surface area contributed by atoms with Gasteiger partial charge >= 0.3 is 5.97 Å². The van der Waals surface area contributed by atoms with Crippen LogP contribution in [-0.4, -0.2) is 43.9 Å². The standard InChI is InChI=1S/C12H13BrFNO5/c1-19-9-4-6(3-7(13)10(9)20-2)11(16)15-8(5-14)12(17)18/h3-4,8H,5H2,1-2H3,(H,15,16)(H,17,18). The van der Waals surface area contributed by atoms with Crippen molar-refractivity contribution in [3.63, 3.8) is 0 Å². The van der Waals surface area contributed by atoms with Crippen molar-refractivity contribution in [3.05, 3.63) is 22.2 Å². The molecule has 0 radical (unpaired) electrons. The molecule has 0 bridgehead atoms. The van der Waals surface area contributed by atoms with Crippen LogP contribution < -0.4 is 14.8 Å². The van der Waals surface area contributed by atoms with E-state index in [0.717, 1.165) is 0 Å². The van der Waals surface area contributed by atoms with Crippen molar-refractivity contribution in [2.75, 3.05) is 20.9 Å². The van der Waals surface area contributed by atoms with E-state index in [1.807, 2.05) is 0 Å². The third-order valence-electron chi connectivity index (χ3n) is 2.45. The summed E-state index contributed by atoms with van der Waals surface area (Å²) in [6.45, 7) is -1.20. The Labute approximate surface area is 123 Å². The smallest absolute Gasteiger partial charge is 0.328 e. The molecule has 0 heterocycles. The molecule has 0 spiro atoms. The summed E-state index contributed by atoms with van der Waals surface area (Å²) in [6, 6.07) is 1.21. The normalized spacial score (nSPS) is 11.6. The van der Waals surface area contributed by atoms with Crippen molar-refractivity contribution in [2.45, 2.75) is 6.04 Å². The summed E-state index contributed by atoms with van der Waals surface area (Å²) >= 11 is 3.20. The number of rotatable bonds is 6. The summed E-state index contributed by atoms with van der Waals surface area (Å²) in [4.78, 5) is 22.6. The topological polar surface area (TPSA) is 84.9 Å². The van der Waals surface area contributed by atoms with Crippen LogP contribution in [0.1, 0.15) is 10.4 Å². The zero-order valence-electron chi connectivity index (χ0n) is 10.8. The van der Waals surface area contributed by atoms with Crippen LogP contribution in [0.3, 0.4) is 0 Å². The number of benzene rings is 1. The molecule has 0 aromatic heterocycles. The van der Waals surface area contributed by atoms with Crippen LogP contribution in [0.5, 0.6) is 11.5 Å². The quantitative estimate of drug-likeness (QED) is 0.815. The highest BCUT2D eigenvalue weighted by atomic mass is 79.9. The number of methoxy groups -OCH3 is 2. The van der Waals surface area contributed by atoms with Gasteiger partial charge in [-0.25, -0.2) is 9.18 Å². The van der Waals surface area contributed by atoms with Crippen LogP contribution in [-0.2, 0) is 4.79 Å². The van der Waals surface area contributed by atoms with Gasteiger partial charge in [-0.1, -0.05) is 0 Å². The molecule has 1 aromatic carbocycles. The number of aliphatic carboxylic acids is 1. The summed E-state index contributed by atoms with van der Waals surface area (Å²) in [5.74, 6) is -1.49. The van der Waals surface area contributed by atoms with Crippen LogP contribution in [0.25, 0.3) is 0 Å². The van der Waals surface area contributed by atoms with Gasteiger partial charge in [0, 0.05) is 5.56 Å². The lowest BCUT2D eigenvalue weighted by molar-refractivity contribution is -0.139. The predicted molar refractivity (Wildman–Crippen MR) is 72.1 cm³/mol. The van der Waals surface area contributed by atoms with E-state index in [4.69, 9.17) is 14.6 Å². The maximum absolute atomic E-state index is 12.5. The van der Waals surface area contributed by atoms with Crippen molar-refractivity contribution in [2.24, 2.45) is 0 Å². The number of hydrogen-bond acceptors (Lipinski definition) is 4. The highest BCUT2D eigenvalue weighted by molar-refractivity contribution is 9.10. The number of amides is 1. The van der Waals surface area contributed by atoms with Gasteiger partial charge in [-0.2, -0.15) is 0 Å². The number of carbonyl (C=O) groups excluding carboxylic acids is 1. The highest BCUT2D eigenvalue weighted by Gasteiger charge is 2.22. The van der Waals surface area contributed by atoms with Crippen molar-refractivity contribution < 1.29 is 28.6 Å². The maximum atomic E-state index is 12.5. The first-order valence-electron chi connectivity index (χ1n) is 5.45. The van der Waals surface area contributed by atoms with Gasteiger partial charge in [-0.3, -0.25) is 4.79 Å². The lowest BCUT2D eigenvalue weighted by Crippen LogP contribution is -2.42. The molecule has 0 fully saturated rings. The van der Waals surface area contributed by atoms with Crippen LogP contribution in [0.2, 0.25) is 0 Å². The minimum Gasteiger partial charge on any atom is -0.493 e. The number of carboxylic acid groups (broad SMARTS) is 1. The highest BCUT2D eigenvalue weighted by Crippen LogP contribution is 2.36. The molecule has 6 nitrogen and oxygen atoms in total. The molecule has 0 aliphatic carbocycles. The van der Waals surface area contributed by atoms with Gasteiger partial charge < -0.3 is 19.9 Å². The second kappa shape index (κ2) is 7.09. The Kier molecular flexibility index (Phi) is 5.75. The van der Waals surface area contributed by atoms with Crippen LogP contribution in [0.4, 0.5) is 4.39 Å². The molecule has 0 saturated carbocycles. The summed E-state index contributed by atoms with van der Waals surface area (Å²) in [7, 11) is 2.83. The molecule has 1 atom stereocenters. The fourth-order valence-electron chi connectivity index (χ4n) is 1.46. The molecule has 110 valence electrons. The fourth-order valence-corrected chi connectivity index (χ4v) is 2.06. The number of hydrogen-bond donors (Lipinski definition) is 2. The minimum absolute atomic E-state index is 0.120. The summed E-state index contributed by atoms with van der Waals surface area (Å²) in [5.41, 5.74) is 0.120. The number of halogens is 2. The monoisotopic (exact) mass is 349 g/mol. The van der Waals surface area contributed by atoms with Gasteiger partial charge in [0.2, 0.25) is 0 Å². The lowest BCUT2D eigenvalue weighted by Gasteiger charge is -2.14. The van der Waals surface area contributed by atoms with Gasteiger partial charge in [0.1, 0.15) is 6.67 Å². The number of carbonyl (C=O) groups is 2. The van der Waals surface area contributed by atoms with E-state index in [0.29, 0.717) is 16.0 Å². The van der Waals surface area contributed by atoms with E-state index < -0.39 is 24.6 Å². The third-order valence-corrected chi connectivity index (χ3v) is 3.04. The molecule has 8 heteroatoms. The Bertz CT molecular complexity index is 523. The van der Waals surface area contributed by atoms with Crippen molar-refractivity contribution in [1.29, 1.82) is 0 Å². The molecule has 0 aliphatic heterocycles. The number of carboxylic acids is 1. The van der Waals surface area contributed by atoms with Crippen molar-refractivity contribution in [1.82, 2.24) is 5.32 Å². The molecule has 2 N–H and O–H groups in total. The number of alkyl halides is 1.